The van der Waals surface area contributed by atoms with Crippen molar-refractivity contribution in [2.45, 2.75) is 40.2 Å². The number of methoxy groups -OCH3 is 1. The molecular weight excluding hydrogens is 310 g/mol. The zero-order valence-corrected chi connectivity index (χ0v) is 15.2. The van der Waals surface area contributed by atoms with E-state index in [9.17, 15) is 4.79 Å². The standard InChI is InChI=1S/C17H23N3O2S/c1-6-15-19-13(10-23-15)7-16(21)20(4)9-14-12(3)17(22-5)11(2)8-18-14/h8,10H,6-7,9H2,1-5H3. The minimum atomic E-state index is 0.0405. The molecule has 0 radical (unpaired) electrons. The molecule has 0 bridgehead atoms. The number of hydrogen-bond donors (Lipinski definition) is 0. The van der Waals surface area contributed by atoms with E-state index in [2.05, 4.69) is 16.9 Å². The summed E-state index contributed by atoms with van der Waals surface area (Å²) in [4.78, 5) is 23.0. The summed E-state index contributed by atoms with van der Waals surface area (Å²) in [5.41, 5.74) is 3.68. The van der Waals surface area contributed by atoms with E-state index in [1.165, 1.54) is 0 Å². The highest BCUT2D eigenvalue weighted by Crippen LogP contribution is 2.24. The SMILES string of the molecule is CCc1nc(CC(=O)N(C)Cc2ncc(C)c(OC)c2C)cs1. The Morgan fingerprint density at radius 1 is 1.39 bits per heavy atom. The molecule has 0 saturated heterocycles. The van der Waals surface area contributed by atoms with Gasteiger partial charge in [-0.1, -0.05) is 6.92 Å². The summed E-state index contributed by atoms with van der Waals surface area (Å²) in [6, 6.07) is 0. The molecule has 23 heavy (non-hydrogen) atoms. The molecule has 0 aliphatic carbocycles. The maximum atomic E-state index is 12.4. The lowest BCUT2D eigenvalue weighted by Gasteiger charge is -2.19. The molecule has 0 unspecified atom stereocenters. The van der Waals surface area contributed by atoms with E-state index >= 15 is 0 Å². The molecule has 6 heteroatoms. The number of hydrogen-bond acceptors (Lipinski definition) is 5. The molecule has 0 aliphatic heterocycles. The zero-order chi connectivity index (χ0) is 17.0. The molecule has 2 heterocycles. The Bertz CT molecular complexity index is 697. The average molecular weight is 333 g/mol. The van der Waals surface area contributed by atoms with Crippen LogP contribution in [0.2, 0.25) is 0 Å². The van der Waals surface area contributed by atoms with Crippen molar-refractivity contribution in [3.63, 3.8) is 0 Å². The van der Waals surface area contributed by atoms with Gasteiger partial charge in [0.25, 0.3) is 0 Å². The Kier molecular flexibility index (Phi) is 5.71. The van der Waals surface area contributed by atoms with Crippen molar-refractivity contribution in [1.29, 1.82) is 0 Å². The number of nitrogens with zero attached hydrogens (tertiary/aromatic N) is 3. The van der Waals surface area contributed by atoms with Crippen molar-refractivity contribution < 1.29 is 9.53 Å². The molecule has 1 amide bonds. The molecule has 0 atom stereocenters. The van der Waals surface area contributed by atoms with Crippen molar-refractivity contribution in [2.24, 2.45) is 0 Å². The molecule has 0 spiro atoms. The van der Waals surface area contributed by atoms with Crippen LogP contribution in [0.25, 0.3) is 0 Å². The minimum absolute atomic E-state index is 0.0405. The number of rotatable bonds is 6. The fourth-order valence-corrected chi connectivity index (χ4v) is 3.17. The summed E-state index contributed by atoms with van der Waals surface area (Å²) in [6.07, 6.45) is 3.02. The highest BCUT2D eigenvalue weighted by atomic mass is 32.1. The fourth-order valence-electron chi connectivity index (χ4n) is 2.43. The van der Waals surface area contributed by atoms with Gasteiger partial charge < -0.3 is 9.64 Å². The van der Waals surface area contributed by atoms with Crippen LogP contribution < -0.4 is 4.74 Å². The van der Waals surface area contributed by atoms with Gasteiger partial charge in [-0.05, 0) is 20.3 Å². The van der Waals surface area contributed by atoms with Gasteiger partial charge in [0.2, 0.25) is 5.91 Å². The van der Waals surface area contributed by atoms with E-state index in [1.807, 2.05) is 19.2 Å². The second-order valence-electron chi connectivity index (χ2n) is 5.56. The maximum absolute atomic E-state index is 12.4. The first kappa shape index (κ1) is 17.4. The molecule has 2 aromatic rings. The van der Waals surface area contributed by atoms with Crippen LogP contribution in [-0.2, 0) is 24.2 Å². The Hall–Kier alpha value is -1.95. The van der Waals surface area contributed by atoms with Crippen LogP contribution in [0.15, 0.2) is 11.6 Å². The minimum Gasteiger partial charge on any atom is -0.496 e. The fraction of sp³-hybridized carbons (Fsp3) is 0.471. The zero-order valence-electron chi connectivity index (χ0n) is 14.3. The van der Waals surface area contributed by atoms with E-state index in [0.29, 0.717) is 13.0 Å². The van der Waals surface area contributed by atoms with Gasteiger partial charge in [-0.3, -0.25) is 9.78 Å². The molecule has 124 valence electrons. The third-order valence-corrected chi connectivity index (χ3v) is 4.84. The number of likely N-dealkylation sites (N-methyl/N-ethyl adjacent to an activating group) is 1. The second kappa shape index (κ2) is 7.55. The Balaban J connectivity index is 2.06. The number of thiazole rings is 1. The quantitative estimate of drug-likeness (QED) is 0.815. The molecule has 2 aromatic heterocycles. The van der Waals surface area contributed by atoms with Crippen molar-refractivity contribution in [3.05, 3.63) is 39.1 Å². The lowest BCUT2D eigenvalue weighted by molar-refractivity contribution is -0.129. The number of ether oxygens (including phenoxy) is 1. The maximum Gasteiger partial charge on any atom is 0.228 e. The van der Waals surface area contributed by atoms with Crippen molar-refractivity contribution >= 4 is 17.2 Å². The summed E-state index contributed by atoms with van der Waals surface area (Å²) in [6.45, 7) is 6.47. The first-order chi connectivity index (χ1) is 11.0. The number of amides is 1. The number of aromatic nitrogens is 2. The summed E-state index contributed by atoms with van der Waals surface area (Å²) < 4.78 is 5.42. The van der Waals surface area contributed by atoms with Crippen molar-refractivity contribution in [2.75, 3.05) is 14.2 Å². The highest BCUT2D eigenvalue weighted by Gasteiger charge is 2.16. The second-order valence-corrected chi connectivity index (χ2v) is 6.50. The molecule has 0 fully saturated rings. The molecular formula is C17H23N3O2S. The van der Waals surface area contributed by atoms with Gasteiger partial charge >= 0.3 is 0 Å². The third kappa shape index (κ3) is 4.07. The Morgan fingerprint density at radius 3 is 2.74 bits per heavy atom. The molecule has 0 aliphatic rings. The van der Waals surface area contributed by atoms with Gasteiger partial charge in [-0.15, -0.1) is 11.3 Å². The molecule has 0 N–H and O–H groups in total. The van der Waals surface area contributed by atoms with Crippen LogP contribution in [0.3, 0.4) is 0 Å². The van der Waals surface area contributed by atoms with Gasteiger partial charge in [0.15, 0.2) is 0 Å². The summed E-state index contributed by atoms with van der Waals surface area (Å²) >= 11 is 1.61. The first-order valence-electron chi connectivity index (χ1n) is 7.62. The van der Waals surface area contributed by atoms with Crippen LogP contribution in [-0.4, -0.2) is 34.9 Å². The van der Waals surface area contributed by atoms with E-state index in [1.54, 1.807) is 36.6 Å². The van der Waals surface area contributed by atoms with Crippen molar-refractivity contribution in [3.8, 4) is 5.75 Å². The monoisotopic (exact) mass is 333 g/mol. The van der Waals surface area contributed by atoms with Gasteiger partial charge in [0, 0.05) is 29.8 Å². The normalized spacial score (nSPS) is 10.7. The van der Waals surface area contributed by atoms with Crippen LogP contribution in [0.4, 0.5) is 0 Å². The largest absolute Gasteiger partial charge is 0.496 e. The predicted octanol–water partition coefficient (Wildman–Crippen LogP) is 2.93. The predicted molar refractivity (Wildman–Crippen MR) is 91.9 cm³/mol. The Morgan fingerprint density at radius 2 is 2.13 bits per heavy atom. The van der Waals surface area contributed by atoms with E-state index in [-0.39, 0.29) is 5.91 Å². The van der Waals surface area contributed by atoms with Gasteiger partial charge in [-0.2, -0.15) is 0 Å². The number of aryl methyl sites for hydroxylation is 2. The van der Waals surface area contributed by atoms with Gasteiger partial charge in [-0.25, -0.2) is 4.98 Å². The van der Waals surface area contributed by atoms with E-state index in [4.69, 9.17) is 4.74 Å². The lowest BCUT2D eigenvalue weighted by Crippen LogP contribution is -2.28. The summed E-state index contributed by atoms with van der Waals surface area (Å²) in [7, 11) is 3.45. The highest BCUT2D eigenvalue weighted by molar-refractivity contribution is 7.09. The molecule has 5 nitrogen and oxygen atoms in total. The van der Waals surface area contributed by atoms with E-state index in [0.717, 1.165) is 39.7 Å². The molecule has 2 rings (SSSR count). The smallest absolute Gasteiger partial charge is 0.228 e. The van der Waals surface area contributed by atoms with Crippen LogP contribution in [0.5, 0.6) is 5.75 Å². The summed E-state index contributed by atoms with van der Waals surface area (Å²) in [5, 5.41) is 3.03. The Labute approximate surface area is 141 Å². The lowest BCUT2D eigenvalue weighted by atomic mass is 10.1. The van der Waals surface area contributed by atoms with Crippen LogP contribution in [0, 0.1) is 13.8 Å². The van der Waals surface area contributed by atoms with Gasteiger partial charge in [0.05, 0.1) is 36.5 Å². The number of carbonyl (C=O) groups is 1. The number of pyridine rings is 1. The van der Waals surface area contributed by atoms with Gasteiger partial charge in [0.1, 0.15) is 5.75 Å². The third-order valence-electron chi connectivity index (χ3n) is 3.80. The topological polar surface area (TPSA) is 55.3 Å². The molecule has 0 aromatic carbocycles. The van der Waals surface area contributed by atoms with Crippen LogP contribution in [0.1, 0.15) is 34.4 Å². The van der Waals surface area contributed by atoms with Crippen molar-refractivity contribution in [1.82, 2.24) is 14.9 Å². The number of carbonyl (C=O) groups excluding carboxylic acids is 1. The first-order valence-corrected chi connectivity index (χ1v) is 8.50. The van der Waals surface area contributed by atoms with E-state index < -0.39 is 0 Å². The molecule has 0 saturated carbocycles. The average Bonchev–Trinajstić information content (AvgIpc) is 2.98. The van der Waals surface area contributed by atoms with Crippen LogP contribution >= 0.6 is 11.3 Å². The summed E-state index contributed by atoms with van der Waals surface area (Å²) in [5.74, 6) is 0.877.